The molecule has 126 valence electrons. The van der Waals surface area contributed by atoms with Gasteiger partial charge in [0.05, 0.1) is 5.92 Å². The largest absolute Gasteiger partial charge is 0.339 e. The van der Waals surface area contributed by atoms with E-state index < -0.39 is 0 Å². The van der Waals surface area contributed by atoms with Crippen LogP contribution in [0, 0.1) is 11.6 Å². The van der Waals surface area contributed by atoms with Crippen LogP contribution in [-0.2, 0) is 4.79 Å². The van der Waals surface area contributed by atoms with Gasteiger partial charge in [-0.25, -0.2) is 8.78 Å². The van der Waals surface area contributed by atoms with Crippen LogP contribution in [0.3, 0.4) is 0 Å². The number of nitrogens with zero attached hydrogens (tertiary/aromatic N) is 3. The molecular weight excluding hydrogens is 328 g/mol. The summed E-state index contributed by atoms with van der Waals surface area (Å²) in [6.45, 7) is 0.384. The molecule has 25 heavy (non-hydrogen) atoms. The molecule has 1 unspecified atom stereocenters. The molecule has 1 saturated heterocycles. The third-order valence-electron chi connectivity index (χ3n) is 4.16. The Morgan fingerprint density at radius 1 is 1.00 bits per heavy atom. The van der Waals surface area contributed by atoms with Crippen LogP contribution in [0.15, 0.2) is 53.1 Å². The molecule has 1 aliphatic heterocycles. The van der Waals surface area contributed by atoms with E-state index in [2.05, 4.69) is 10.1 Å². The first-order chi connectivity index (χ1) is 12.1. The molecule has 0 spiro atoms. The van der Waals surface area contributed by atoms with Crippen LogP contribution in [0.4, 0.5) is 14.5 Å². The van der Waals surface area contributed by atoms with Crippen molar-refractivity contribution in [2.24, 2.45) is 0 Å². The standard InChI is InChI=1S/C18H13F2N3O2/c19-13-3-1-11(2-4-13)17-21-18(25-22-17)12-9-16(24)23(10-12)15-7-5-14(20)6-8-15/h1-8,12H,9-10H2. The summed E-state index contributed by atoms with van der Waals surface area (Å²) in [5.74, 6) is -0.311. The molecule has 1 atom stereocenters. The summed E-state index contributed by atoms with van der Waals surface area (Å²) in [4.78, 5) is 18.2. The molecular formula is C18H13F2N3O2. The SMILES string of the molecule is O=C1CC(c2nc(-c3ccc(F)cc3)no2)CN1c1ccc(F)cc1. The molecule has 4 rings (SSSR count). The van der Waals surface area contributed by atoms with Crippen LogP contribution >= 0.6 is 0 Å². The van der Waals surface area contributed by atoms with Gasteiger partial charge in [-0.2, -0.15) is 4.98 Å². The Labute approximate surface area is 141 Å². The monoisotopic (exact) mass is 341 g/mol. The Kier molecular flexibility index (Phi) is 3.76. The van der Waals surface area contributed by atoms with Crippen molar-refractivity contribution in [3.8, 4) is 11.4 Å². The lowest BCUT2D eigenvalue weighted by atomic mass is 10.1. The second kappa shape index (κ2) is 6.08. The molecule has 1 fully saturated rings. The highest BCUT2D eigenvalue weighted by Crippen LogP contribution is 2.32. The second-order valence-corrected chi connectivity index (χ2v) is 5.84. The van der Waals surface area contributed by atoms with Crippen LogP contribution in [0.2, 0.25) is 0 Å². The van der Waals surface area contributed by atoms with Gasteiger partial charge in [0.1, 0.15) is 11.6 Å². The van der Waals surface area contributed by atoms with E-state index in [4.69, 9.17) is 4.52 Å². The van der Waals surface area contributed by atoms with E-state index in [1.165, 1.54) is 24.3 Å². The van der Waals surface area contributed by atoms with E-state index in [1.54, 1.807) is 29.2 Å². The summed E-state index contributed by atoms with van der Waals surface area (Å²) in [6, 6.07) is 11.5. The van der Waals surface area contributed by atoms with Crippen LogP contribution in [0.5, 0.6) is 0 Å². The summed E-state index contributed by atoms with van der Waals surface area (Å²) in [7, 11) is 0. The first-order valence-electron chi connectivity index (χ1n) is 7.75. The molecule has 2 aromatic carbocycles. The molecule has 5 nitrogen and oxygen atoms in total. The van der Waals surface area contributed by atoms with Crippen molar-refractivity contribution in [1.82, 2.24) is 10.1 Å². The summed E-state index contributed by atoms with van der Waals surface area (Å²) in [6.07, 6.45) is 0.239. The van der Waals surface area contributed by atoms with Gasteiger partial charge in [-0.15, -0.1) is 0 Å². The fourth-order valence-electron chi connectivity index (χ4n) is 2.86. The van der Waals surface area contributed by atoms with Crippen molar-refractivity contribution in [2.45, 2.75) is 12.3 Å². The Morgan fingerprint density at radius 3 is 2.32 bits per heavy atom. The van der Waals surface area contributed by atoms with E-state index in [9.17, 15) is 13.6 Å². The van der Waals surface area contributed by atoms with Gasteiger partial charge in [0.2, 0.25) is 17.6 Å². The van der Waals surface area contributed by atoms with Crippen LogP contribution < -0.4 is 4.90 Å². The van der Waals surface area contributed by atoms with Gasteiger partial charge in [0.25, 0.3) is 0 Å². The lowest BCUT2D eigenvalue weighted by Gasteiger charge is -2.15. The molecule has 0 bridgehead atoms. The maximum atomic E-state index is 13.0. The molecule has 1 aliphatic rings. The Balaban J connectivity index is 1.54. The minimum absolute atomic E-state index is 0.0851. The van der Waals surface area contributed by atoms with E-state index in [0.29, 0.717) is 29.5 Å². The summed E-state index contributed by atoms with van der Waals surface area (Å²) < 4.78 is 31.3. The smallest absolute Gasteiger partial charge is 0.232 e. The maximum Gasteiger partial charge on any atom is 0.232 e. The van der Waals surface area contributed by atoms with Crippen molar-refractivity contribution >= 4 is 11.6 Å². The molecule has 0 saturated carbocycles. The zero-order chi connectivity index (χ0) is 17.4. The average Bonchev–Trinajstić information content (AvgIpc) is 3.23. The zero-order valence-electron chi connectivity index (χ0n) is 13.0. The molecule has 0 N–H and O–H groups in total. The van der Waals surface area contributed by atoms with Gasteiger partial charge in [0.15, 0.2) is 0 Å². The normalized spacial score (nSPS) is 17.3. The number of aromatic nitrogens is 2. The number of amides is 1. The lowest BCUT2D eigenvalue weighted by molar-refractivity contribution is -0.117. The van der Waals surface area contributed by atoms with Crippen LogP contribution in [0.25, 0.3) is 11.4 Å². The highest BCUT2D eigenvalue weighted by atomic mass is 19.1. The number of halogens is 2. The molecule has 1 aromatic heterocycles. The van der Waals surface area contributed by atoms with Crippen molar-refractivity contribution in [3.63, 3.8) is 0 Å². The fourth-order valence-corrected chi connectivity index (χ4v) is 2.86. The van der Waals surface area contributed by atoms with E-state index in [0.717, 1.165) is 0 Å². The number of hydrogen-bond donors (Lipinski definition) is 0. The molecule has 0 radical (unpaired) electrons. The van der Waals surface area contributed by atoms with Crippen LogP contribution in [-0.4, -0.2) is 22.6 Å². The van der Waals surface area contributed by atoms with E-state index >= 15 is 0 Å². The minimum atomic E-state index is -0.354. The van der Waals surface area contributed by atoms with Crippen molar-refractivity contribution in [2.75, 3.05) is 11.4 Å². The topological polar surface area (TPSA) is 59.2 Å². The minimum Gasteiger partial charge on any atom is -0.339 e. The molecule has 7 heteroatoms. The second-order valence-electron chi connectivity index (χ2n) is 5.84. The van der Waals surface area contributed by atoms with Crippen molar-refractivity contribution in [3.05, 3.63) is 66.1 Å². The summed E-state index contributed by atoms with van der Waals surface area (Å²) in [5.41, 5.74) is 1.27. The first-order valence-corrected chi connectivity index (χ1v) is 7.75. The maximum absolute atomic E-state index is 13.0. The summed E-state index contributed by atoms with van der Waals surface area (Å²) >= 11 is 0. The van der Waals surface area contributed by atoms with Gasteiger partial charge in [0, 0.05) is 24.2 Å². The highest BCUT2D eigenvalue weighted by molar-refractivity contribution is 5.96. The lowest BCUT2D eigenvalue weighted by Crippen LogP contribution is -2.24. The Bertz CT molecular complexity index is 907. The van der Waals surface area contributed by atoms with Gasteiger partial charge in [-0.3, -0.25) is 4.79 Å². The van der Waals surface area contributed by atoms with Crippen molar-refractivity contribution < 1.29 is 18.1 Å². The number of hydrogen-bond acceptors (Lipinski definition) is 4. The number of benzene rings is 2. The Morgan fingerprint density at radius 2 is 1.64 bits per heavy atom. The number of rotatable bonds is 3. The molecule has 3 aromatic rings. The van der Waals surface area contributed by atoms with Crippen LogP contribution in [0.1, 0.15) is 18.2 Å². The summed E-state index contributed by atoms with van der Waals surface area (Å²) in [5, 5.41) is 3.91. The predicted molar refractivity (Wildman–Crippen MR) is 85.8 cm³/mol. The number of anilines is 1. The third kappa shape index (κ3) is 3.00. The quantitative estimate of drug-likeness (QED) is 0.731. The third-order valence-corrected chi connectivity index (χ3v) is 4.16. The molecule has 2 heterocycles. The highest BCUT2D eigenvalue weighted by Gasteiger charge is 2.35. The fraction of sp³-hybridized carbons (Fsp3) is 0.167. The van der Waals surface area contributed by atoms with E-state index in [1.807, 2.05) is 0 Å². The van der Waals surface area contributed by atoms with Gasteiger partial charge in [-0.1, -0.05) is 5.16 Å². The average molecular weight is 341 g/mol. The Hall–Kier alpha value is -3.09. The molecule has 0 aliphatic carbocycles. The molecule has 1 amide bonds. The van der Waals surface area contributed by atoms with E-state index in [-0.39, 0.29) is 29.9 Å². The number of carbonyl (C=O) groups is 1. The zero-order valence-corrected chi connectivity index (χ0v) is 13.0. The van der Waals surface area contributed by atoms with Gasteiger partial charge < -0.3 is 9.42 Å². The van der Waals surface area contributed by atoms with Gasteiger partial charge >= 0.3 is 0 Å². The predicted octanol–water partition coefficient (Wildman–Crippen LogP) is 3.54. The van der Waals surface area contributed by atoms with Gasteiger partial charge in [-0.05, 0) is 48.5 Å². The number of carbonyl (C=O) groups excluding carboxylic acids is 1. The van der Waals surface area contributed by atoms with Crippen molar-refractivity contribution in [1.29, 1.82) is 0 Å². The first kappa shape index (κ1) is 15.4.